The van der Waals surface area contributed by atoms with Crippen molar-refractivity contribution in [3.05, 3.63) is 70.0 Å². The second-order valence-corrected chi connectivity index (χ2v) is 5.19. The van der Waals surface area contributed by atoms with Crippen LogP contribution in [0.4, 0.5) is 5.69 Å². The minimum absolute atomic E-state index is 0.00923. The number of rotatable bonds is 4. The van der Waals surface area contributed by atoms with Crippen LogP contribution in [-0.4, -0.2) is 14.5 Å². The third-order valence-electron chi connectivity index (χ3n) is 3.72. The molecule has 24 heavy (non-hydrogen) atoms. The molecular weight excluding hydrogens is 304 g/mol. The molecular formula is C18H14N4O2. The van der Waals surface area contributed by atoms with Gasteiger partial charge in [-0.15, -0.1) is 0 Å². The van der Waals surface area contributed by atoms with Crippen LogP contribution in [0.3, 0.4) is 0 Å². The van der Waals surface area contributed by atoms with Crippen molar-refractivity contribution in [1.29, 1.82) is 5.26 Å². The molecule has 0 saturated heterocycles. The summed E-state index contributed by atoms with van der Waals surface area (Å²) >= 11 is 0. The van der Waals surface area contributed by atoms with Crippen LogP contribution in [0.1, 0.15) is 18.3 Å². The maximum Gasteiger partial charge on any atom is 0.270 e. The number of aryl methyl sites for hydroxylation is 1. The first kappa shape index (κ1) is 15.4. The standard InChI is InChI=1S/C18H14N4O2/c1-2-21-17-9-4-3-8-16(17)20-18(21)14(12-19)10-13-6-5-7-15(11-13)22(23)24/h3-11H,2H2,1H3/b14-10-. The fraction of sp³-hybridized carbons (Fsp3) is 0.111. The normalized spacial score (nSPS) is 11.4. The summed E-state index contributed by atoms with van der Waals surface area (Å²) in [6, 6.07) is 16.0. The van der Waals surface area contributed by atoms with E-state index >= 15 is 0 Å². The molecule has 0 N–H and O–H groups in total. The number of hydrogen-bond donors (Lipinski definition) is 0. The maximum atomic E-state index is 10.9. The number of aromatic nitrogens is 2. The molecule has 0 bridgehead atoms. The van der Waals surface area contributed by atoms with Crippen LogP contribution in [0.25, 0.3) is 22.7 Å². The lowest BCUT2D eigenvalue weighted by Crippen LogP contribution is -2.00. The number of nitriles is 1. The van der Waals surface area contributed by atoms with Gasteiger partial charge < -0.3 is 4.57 Å². The SMILES string of the molecule is CCn1c(/C(C#N)=C\c2cccc([N+](=O)[O-])c2)nc2ccccc21. The molecule has 3 rings (SSSR count). The third kappa shape index (κ3) is 2.75. The van der Waals surface area contributed by atoms with Crippen LogP contribution in [-0.2, 0) is 6.54 Å². The maximum absolute atomic E-state index is 10.9. The molecule has 0 spiro atoms. The average Bonchev–Trinajstić information content (AvgIpc) is 2.98. The highest BCUT2D eigenvalue weighted by molar-refractivity contribution is 5.91. The molecule has 1 heterocycles. The van der Waals surface area contributed by atoms with E-state index in [0.717, 1.165) is 11.0 Å². The van der Waals surface area contributed by atoms with Gasteiger partial charge in [-0.3, -0.25) is 10.1 Å². The van der Waals surface area contributed by atoms with Crippen molar-refractivity contribution >= 4 is 28.4 Å². The Labute approximate surface area is 138 Å². The Morgan fingerprint density at radius 3 is 2.83 bits per heavy atom. The van der Waals surface area contributed by atoms with Gasteiger partial charge in [0, 0.05) is 18.7 Å². The first-order valence-corrected chi connectivity index (χ1v) is 7.46. The number of nitro benzene ring substituents is 1. The number of fused-ring (bicyclic) bond motifs is 1. The van der Waals surface area contributed by atoms with Crippen LogP contribution >= 0.6 is 0 Å². The predicted molar refractivity (Wildman–Crippen MR) is 92.0 cm³/mol. The van der Waals surface area contributed by atoms with Gasteiger partial charge in [-0.1, -0.05) is 24.3 Å². The molecule has 0 saturated carbocycles. The summed E-state index contributed by atoms with van der Waals surface area (Å²) in [6.45, 7) is 2.66. The summed E-state index contributed by atoms with van der Waals surface area (Å²) in [4.78, 5) is 15.0. The van der Waals surface area contributed by atoms with Crippen molar-refractivity contribution in [1.82, 2.24) is 9.55 Å². The van der Waals surface area contributed by atoms with Gasteiger partial charge in [0.25, 0.3) is 5.69 Å². The second-order valence-electron chi connectivity index (χ2n) is 5.19. The zero-order chi connectivity index (χ0) is 17.1. The van der Waals surface area contributed by atoms with Crippen molar-refractivity contribution in [2.75, 3.05) is 0 Å². The van der Waals surface area contributed by atoms with Crippen LogP contribution in [0.15, 0.2) is 48.5 Å². The summed E-state index contributed by atoms with van der Waals surface area (Å²) in [5.41, 5.74) is 2.72. The van der Waals surface area contributed by atoms with Crippen molar-refractivity contribution in [3.8, 4) is 6.07 Å². The number of imidazole rings is 1. The van der Waals surface area contributed by atoms with E-state index in [1.807, 2.05) is 35.8 Å². The molecule has 6 nitrogen and oxygen atoms in total. The Balaban J connectivity index is 2.14. The first-order valence-electron chi connectivity index (χ1n) is 7.46. The lowest BCUT2D eigenvalue weighted by Gasteiger charge is -2.05. The lowest BCUT2D eigenvalue weighted by atomic mass is 10.1. The Morgan fingerprint density at radius 2 is 2.12 bits per heavy atom. The van der Waals surface area contributed by atoms with Crippen molar-refractivity contribution in [2.45, 2.75) is 13.5 Å². The summed E-state index contributed by atoms with van der Waals surface area (Å²) in [7, 11) is 0. The summed E-state index contributed by atoms with van der Waals surface area (Å²) in [6.07, 6.45) is 1.63. The van der Waals surface area contributed by atoms with Crippen LogP contribution < -0.4 is 0 Å². The minimum atomic E-state index is -0.454. The van der Waals surface area contributed by atoms with E-state index in [4.69, 9.17) is 0 Å². The highest BCUT2D eigenvalue weighted by Crippen LogP contribution is 2.24. The van der Waals surface area contributed by atoms with Crippen LogP contribution in [0.2, 0.25) is 0 Å². The smallest absolute Gasteiger partial charge is 0.270 e. The molecule has 1 aromatic heterocycles. The second kappa shape index (κ2) is 6.34. The number of non-ortho nitro benzene ring substituents is 1. The molecule has 0 aliphatic carbocycles. The van der Waals surface area contributed by atoms with Gasteiger partial charge in [0.15, 0.2) is 5.82 Å². The van der Waals surface area contributed by atoms with E-state index in [2.05, 4.69) is 11.1 Å². The van der Waals surface area contributed by atoms with E-state index in [1.54, 1.807) is 18.2 Å². The van der Waals surface area contributed by atoms with E-state index in [0.29, 0.717) is 23.5 Å². The number of nitrogens with zero attached hydrogens (tertiary/aromatic N) is 4. The number of allylic oxidation sites excluding steroid dienone is 1. The Morgan fingerprint density at radius 1 is 1.33 bits per heavy atom. The summed E-state index contributed by atoms with van der Waals surface area (Å²) < 4.78 is 1.96. The minimum Gasteiger partial charge on any atom is -0.324 e. The summed E-state index contributed by atoms with van der Waals surface area (Å²) in [5.74, 6) is 0.563. The van der Waals surface area contributed by atoms with Gasteiger partial charge in [-0.05, 0) is 30.7 Å². The highest BCUT2D eigenvalue weighted by atomic mass is 16.6. The fourth-order valence-corrected chi connectivity index (χ4v) is 2.64. The molecule has 0 atom stereocenters. The topological polar surface area (TPSA) is 84.8 Å². The van der Waals surface area contributed by atoms with Crippen LogP contribution in [0.5, 0.6) is 0 Å². The molecule has 0 fully saturated rings. The van der Waals surface area contributed by atoms with Gasteiger partial charge in [0.05, 0.1) is 21.5 Å². The lowest BCUT2D eigenvalue weighted by molar-refractivity contribution is -0.384. The van der Waals surface area contributed by atoms with E-state index in [-0.39, 0.29) is 5.69 Å². The zero-order valence-corrected chi connectivity index (χ0v) is 13.0. The number of hydrogen-bond acceptors (Lipinski definition) is 4. The van der Waals surface area contributed by atoms with Gasteiger partial charge in [-0.25, -0.2) is 4.98 Å². The molecule has 0 aliphatic rings. The number of benzene rings is 2. The molecule has 0 amide bonds. The fourth-order valence-electron chi connectivity index (χ4n) is 2.64. The van der Waals surface area contributed by atoms with Crippen molar-refractivity contribution < 1.29 is 4.92 Å². The van der Waals surface area contributed by atoms with Gasteiger partial charge in [0.2, 0.25) is 0 Å². The van der Waals surface area contributed by atoms with E-state index < -0.39 is 4.92 Å². The largest absolute Gasteiger partial charge is 0.324 e. The van der Waals surface area contributed by atoms with Gasteiger partial charge in [0.1, 0.15) is 6.07 Å². The van der Waals surface area contributed by atoms with Crippen molar-refractivity contribution in [2.24, 2.45) is 0 Å². The quantitative estimate of drug-likeness (QED) is 0.413. The monoisotopic (exact) mass is 318 g/mol. The Kier molecular flexibility index (Phi) is 4.08. The molecule has 0 radical (unpaired) electrons. The number of nitro groups is 1. The van der Waals surface area contributed by atoms with E-state index in [1.165, 1.54) is 12.1 Å². The Bertz CT molecular complexity index is 996. The molecule has 118 valence electrons. The highest BCUT2D eigenvalue weighted by Gasteiger charge is 2.14. The summed E-state index contributed by atoms with van der Waals surface area (Å²) in [5, 5.41) is 20.5. The molecule has 3 aromatic rings. The van der Waals surface area contributed by atoms with Gasteiger partial charge in [-0.2, -0.15) is 5.26 Å². The Hall–Kier alpha value is -3.46. The predicted octanol–water partition coefficient (Wildman–Crippen LogP) is 4.03. The van der Waals surface area contributed by atoms with Crippen LogP contribution in [0, 0.1) is 21.4 Å². The molecule has 0 unspecified atom stereocenters. The molecule has 0 aliphatic heterocycles. The van der Waals surface area contributed by atoms with Gasteiger partial charge >= 0.3 is 0 Å². The molecule has 2 aromatic carbocycles. The van der Waals surface area contributed by atoms with Crippen molar-refractivity contribution in [3.63, 3.8) is 0 Å². The first-order chi connectivity index (χ1) is 11.6. The number of para-hydroxylation sites is 2. The average molecular weight is 318 g/mol. The third-order valence-corrected chi connectivity index (χ3v) is 3.72. The van der Waals surface area contributed by atoms with E-state index in [9.17, 15) is 15.4 Å². The zero-order valence-electron chi connectivity index (χ0n) is 13.0. The molecule has 6 heteroatoms.